The van der Waals surface area contributed by atoms with Gasteiger partial charge in [-0.05, 0) is 6.92 Å². The molecule has 4 aliphatic heterocycles. The van der Waals surface area contributed by atoms with E-state index in [-0.39, 0.29) is 0 Å². The third-order valence-corrected chi connectivity index (χ3v) is 9.18. The summed E-state index contributed by atoms with van der Waals surface area (Å²) < 4.78 is 57.7. The predicted octanol–water partition coefficient (Wildman–Crippen LogP) is -7.47. The molecular weight excluding hydrogens is 760 g/mol. The topological polar surface area (TPSA) is 369 Å². The predicted molar refractivity (Wildman–Crippen MR) is 162 cm³/mol. The number of rotatable bonds is 11. The summed E-state index contributed by atoms with van der Waals surface area (Å²) in [4.78, 5) is 62.2. The van der Waals surface area contributed by atoms with Gasteiger partial charge in [0.15, 0.2) is 49.4 Å². The van der Waals surface area contributed by atoms with Gasteiger partial charge in [0, 0.05) is 6.92 Å². The molecule has 0 bridgehead atoms. The van der Waals surface area contributed by atoms with Crippen molar-refractivity contribution in [2.24, 2.45) is 0 Å². The fraction of sp³-hybridized carbons (Fsp3) is 0.833. The average molecular weight is 805 g/mol. The standard InChI is InChI=1S/C30H44O25/c1-6-8(32)10(34)16(21(48-6)25(42)45-3)50-29-14(38)12(36)17(22(54-29)26(43)46-4)52-30-20(49-7(2)31)15(39)18(23(55-30)27(44)47-5)51-28-13(37)9(33)11(35)19(53-28)24(40)41/h6,8-23,28-30,32-39H,1-5H3,(H,40,41). The smallest absolute Gasteiger partial charge is 0.337 e. The second-order valence-corrected chi connectivity index (χ2v) is 12.7. The third kappa shape index (κ3) is 9.16. The largest absolute Gasteiger partial charge is 0.479 e. The maximum absolute atomic E-state index is 13.0. The molecule has 0 radical (unpaired) electrons. The monoisotopic (exact) mass is 804 g/mol. The van der Waals surface area contributed by atoms with Gasteiger partial charge < -0.3 is 98.1 Å². The summed E-state index contributed by atoms with van der Waals surface area (Å²) in [6.07, 6.45) is -40.8. The van der Waals surface area contributed by atoms with Gasteiger partial charge in [0.05, 0.1) is 27.4 Å². The fourth-order valence-corrected chi connectivity index (χ4v) is 6.24. The number of esters is 4. The summed E-state index contributed by atoms with van der Waals surface area (Å²) >= 11 is 0. The maximum atomic E-state index is 13.0. The van der Waals surface area contributed by atoms with Crippen molar-refractivity contribution in [1.82, 2.24) is 0 Å². The van der Waals surface area contributed by atoms with Crippen LogP contribution in [0.25, 0.3) is 0 Å². The molecule has 0 aromatic carbocycles. The first-order chi connectivity index (χ1) is 25.8. The summed E-state index contributed by atoms with van der Waals surface area (Å²) in [6.45, 7) is 2.19. The molecule has 0 aliphatic carbocycles. The average Bonchev–Trinajstić information content (AvgIpc) is 3.15. The van der Waals surface area contributed by atoms with Gasteiger partial charge in [-0.1, -0.05) is 0 Å². The fourth-order valence-electron chi connectivity index (χ4n) is 6.24. The van der Waals surface area contributed by atoms with E-state index in [9.17, 15) is 69.9 Å². The summed E-state index contributed by atoms with van der Waals surface area (Å²) in [5.41, 5.74) is 0. The van der Waals surface area contributed by atoms with Crippen molar-refractivity contribution in [2.45, 2.75) is 136 Å². The van der Waals surface area contributed by atoms with Crippen LogP contribution in [0.5, 0.6) is 0 Å². The molecule has 20 atom stereocenters. The molecule has 55 heavy (non-hydrogen) atoms. The molecule has 0 saturated carbocycles. The minimum atomic E-state index is -2.28. The molecule has 4 rings (SSSR count). The van der Waals surface area contributed by atoms with Crippen molar-refractivity contribution in [3.8, 4) is 0 Å². The van der Waals surface area contributed by atoms with Crippen molar-refractivity contribution in [3.05, 3.63) is 0 Å². The maximum Gasteiger partial charge on any atom is 0.337 e. The van der Waals surface area contributed by atoms with Gasteiger partial charge in [0.25, 0.3) is 0 Å². The second kappa shape index (κ2) is 18.3. The molecule has 4 saturated heterocycles. The highest BCUT2D eigenvalue weighted by Crippen LogP contribution is 2.36. The number of carbonyl (C=O) groups is 5. The summed E-state index contributed by atoms with van der Waals surface area (Å²) in [6, 6.07) is 0. The lowest BCUT2D eigenvalue weighted by atomic mass is 9.94. The number of aliphatic hydroxyl groups excluding tert-OH is 8. The molecule has 0 aromatic rings. The van der Waals surface area contributed by atoms with Crippen LogP contribution < -0.4 is 0 Å². The Kier molecular flexibility index (Phi) is 14.8. The number of carbonyl (C=O) groups excluding carboxylic acids is 4. The molecule has 25 nitrogen and oxygen atoms in total. The highest BCUT2D eigenvalue weighted by molar-refractivity contribution is 5.77. The van der Waals surface area contributed by atoms with Gasteiger partial charge in [0.1, 0.15) is 67.1 Å². The summed E-state index contributed by atoms with van der Waals surface area (Å²) in [5, 5.41) is 95.1. The van der Waals surface area contributed by atoms with Gasteiger partial charge in [-0.3, -0.25) is 4.79 Å². The van der Waals surface area contributed by atoms with E-state index in [1.165, 1.54) is 6.92 Å². The van der Waals surface area contributed by atoms with Gasteiger partial charge >= 0.3 is 29.8 Å². The summed E-state index contributed by atoms with van der Waals surface area (Å²) in [7, 11) is 2.72. The Morgan fingerprint density at radius 2 is 0.836 bits per heavy atom. The van der Waals surface area contributed by atoms with Crippen molar-refractivity contribution < 1.29 is 122 Å². The number of ether oxygens (including phenoxy) is 11. The third-order valence-electron chi connectivity index (χ3n) is 9.18. The number of aliphatic carboxylic acids is 1. The lowest BCUT2D eigenvalue weighted by Crippen LogP contribution is -2.69. The van der Waals surface area contributed by atoms with Crippen LogP contribution in [-0.2, 0) is 76.1 Å². The molecule has 25 heteroatoms. The first kappa shape index (κ1) is 44.5. The highest BCUT2D eigenvalue weighted by atomic mass is 16.8. The normalized spacial score (nSPS) is 44.8. The van der Waals surface area contributed by atoms with E-state index in [1.807, 2.05) is 0 Å². The van der Waals surface area contributed by atoms with E-state index in [0.717, 1.165) is 28.3 Å². The van der Waals surface area contributed by atoms with E-state index in [2.05, 4.69) is 4.74 Å². The van der Waals surface area contributed by atoms with Gasteiger partial charge in [-0.25, -0.2) is 19.2 Å². The minimum absolute atomic E-state index is 0.858. The Hall–Kier alpha value is -3.25. The Labute approximate surface area is 310 Å². The zero-order valence-electron chi connectivity index (χ0n) is 29.6. The van der Waals surface area contributed by atoms with Crippen molar-refractivity contribution in [3.63, 3.8) is 0 Å². The molecule has 0 aromatic heterocycles. The van der Waals surface area contributed by atoms with Crippen LogP contribution in [0.1, 0.15) is 13.8 Å². The molecule has 20 unspecified atom stereocenters. The molecule has 9 N–H and O–H groups in total. The van der Waals surface area contributed by atoms with Crippen LogP contribution in [0.15, 0.2) is 0 Å². The number of aliphatic hydroxyl groups is 8. The zero-order valence-corrected chi connectivity index (χ0v) is 29.6. The molecule has 0 amide bonds. The lowest BCUT2D eigenvalue weighted by molar-refractivity contribution is -0.376. The Bertz CT molecular complexity index is 1380. The minimum Gasteiger partial charge on any atom is -0.479 e. The van der Waals surface area contributed by atoms with E-state index in [0.29, 0.717) is 0 Å². The summed E-state index contributed by atoms with van der Waals surface area (Å²) in [5.74, 6) is -6.66. The zero-order chi connectivity index (χ0) is 41.2. The van der Waals surface area contributed by atoms with Crippen molar-refractivity contribution in [1.29, 1.82) is 0 Å². The van der Waals surface area contributed by atoms with Gasteiger partial charge in [0.2, 0.25) is 0 Å². The quantitative estimate of drug-likeness (QED) is 0.0692. The number of hydrogen-bond acceptors (Lipinski definition) is 24. The molecule has 0 spiro atoms. The first-order valence-electron chi connectivity index (χ1n) is 16.5. The SMILES string of the molecule is COC(=O)C1OC(C)C(O)C(O)C1OC1OC(C(=O)OC)C(OC2OC(C(=O)OC)C(OC3OC(C(=O)O)C(O)C(O)C3O)C(O)C2OC(C)=O)C(O)C1O. The van der Waals surface area contributed by atoms with Crippen molar-refractivity contribution >= 4 is 29.8 Å². The molecular formula is C30H44O25. The molecule has 4 fully saturated rings. The first-order valence-corrected chi connectivity index (χ1v) is 16.5. The van der Waals surface area contributed by atoms with Gasteiger partial charge in [-0.2, -0.15) is 0 Å². The molecule has 4 heterocycles. The highest BCUT2D eigenvalue weighted by Gasteiger charge is 2.59. The number of carboxylic acid groups (broad SMARTS) is 1. The van der Waals surface area contributed by atoms with E-state index in [1.54, 1.807) is 0 Å². The Morgan fingerprint density at radius 1 is 0.455 bits per heavy atom. The van der Waals surface area contributed by atoms with E-state index >= 15 is 0 Å². The van der Waals surface area contributed by atoms with Crippen LogP contribution in [0.4, 0.5) is 0 Å². The Morgan fingerprint density at radius 3 is 1.29 bits per heavy atom. The number of methoxy groups -OCH3 is 3. The Balaban J connectivity index is 1.64. The van der Waals surface area contributed by atoms with Crippen LogP contribution in [0.2, 0.25) is 0 Å². The number of hydrogen-bond donors (Lipinski definition) is 9. The number of carboxylic acids is 1. The molecule has 4 aliphatic rings. The second-order valence-electron chi connectivity index (χ2n) is 12.7. The van der Waals surface area contributed by atoms with E-state index < -0.39 is 152 Å². The van der Waals surface area contributed by atoms with Crippen LogP contribution in [0, 0.1) is 0 Å². The van der Waals surface area contributed by atoms with Crippen LogP contribution in [-0.4, -0.2) is 220 Å². The van der Waals surface area contributed by atoms with Crippen molar-refractivity contribution in [2.75, 3.05) is 21.3 Å². The van der Waals surface area contributed by atoms with E-state index in [4.69, 9.17) is 47.4 Å². The van der Waals surface area contributed by atoms with Crippen LogP contribution in [0.3, 0.4) is 0 Å². The molecule has 314 valence electrons. The van der Waals surface area contributed by atoms with Crippen LogP contribution >= 0.6 is 0 Å². The lowest BCUT2D eigenvalue weighted by Gasteiger charge is -2.48. The van der Waals surface area contributed by atoms with Gasteiger partial charge in [-0.15, -0.1) is 0 Å².